The number of carbonyl (C=O) groups excluding carboxylic acids is 1. The molecule has 1 aromatic carbocycles. The lowest BCUT2D eigenvalue weighted by Crippen LogP contribution is -2.21. The van der Waals surface area contributed by atoms with E-state index in [2.05, 4.69) is 5.32 Å². The van der Waals surface area contributed by atoms with E-state index in [1.54, 1.807) is 25.3 Å². The zero-order valence-electron chi connectivity index (χ0n) is 14.2. The highest BCUT2D eigenvalue weighted by Gasteiger charge is 2.19. The third-order valence-corrected chi connectivity index (χ3v) is 6.72. The molecular formula is C17H20N2O4S2. The van der Waals surface area contributed by atoms with Crippen molar-refractivity contribution in [1.29, 1.82) is 0 Å². The van der Waals surface area contributed by atoms with Crippen molar-refractivity contribution in [3.63, 3.8) is 0 Å². The molecule has 0 bridgehead atoms. The molecule has 1 amide bonds. The van der Waals surface area contributed by atoms with Crippen molar-refractivity contribution in [2.75, 3.05) is 21.2 Å². The normalized spacial score (nSPS) is 11.8. The van der Waals surface area contributed by atoms with Gasteiger partial charge in [-0.05, 0) is 35.9 Å². The van der Waals surface area contributed by atoms with Gasteiger partial charge in [-0.25, -0.2) is 12.7 Å². The quantitative estimate of drug-likeness (QED) is 0.748. The fraction of sp³-hybridized carbons (Fsp3) is 0.235. The average molecular weight is 380 g/mol. The van der Waals surface area contributed by atoms with Gasteiger partial charge in [-0.15, -0.1) is 11.3 Å². The number of nitrogens with zero attached hydrogens (tertiary/aromatic N) is 1. The highest BCUT2D eigenvalue weighted by Crippen LogP contribution is 2.23. The number of hydrogen-bond acceptors (Lipinski definition) is 5. The lowest BCUT2D eigenvalue weighted by molar-refractivity contribution is -0.116. The van der Waals surface area contributed by atoms with Crippen molar-refractivity contribution in [3.8, 4) is 5.75 Å². The number of methoxy groups -OCH3 is 1. The van der Waals surface area contributed by atoms with E-state index in [0.29, 0.717) is 0 Å². The van der Waals surface area contributed by atoms with Crippen LogP contribution in [0, 0.1) is 0 Å². The molecule has 6 nitrogen and oxygen atoms in total. The molecule has 0 radical (unpaired) electrons. The molecule has 0 aliphatic rings. The summed E-state index contributed by atoms with van der Waals surface area (Å²) in [6.45, 7) is 0.277. The third kappa shape index (κ3) is 5.15. The second kappa shape index (κ2) is 8.28. The molecule has 0 saturated carbocycles. The Morgan fingerprint density at radius 2 is 1.88 bits per heavy atom. The summed E-state index contributed by atoms with van der Waals surface area (Å²) >= 11 is 1.15. The van der Waals surface area contributed by atoms with Crippen molar-refractivity contribution in [1.82, 2.24) is 9.62 Å². The SMILES string of the molecule is COc1ccc(/C=C/C(=O)NCc2ccc(S(=O)(=O)N(C)C)s2)cc1. The Kier molecular flexibility index (Phi) is 6.35. The van der Waals surface area contributed by atoms with E-state index in [0.717, 1.165) is 27.5 Å². The minimum atomic E-state index is -3.43. The van der Waals surface area contributed by atoms with Gasteiger partial charge in [-0.1, -0.05) is 12.1 Å². The van der Waals surface area contributed by atoms with Gasteiger partial charge in [-0.3, -0.25) is 4.79 Å². The van der Waals surface area contributed by atoms with E-state index in [-0.39, 0.29) is 16.7 Å². The standard InChI is InChI=1S/C17H20N2O4S2/c1-19(2)25(21,22)17-11-9-15(24-17)12-18-16(20)10-6-13-4-7-14(23-3)8-5-13/h4-11H,12H2,1-3H3,(H,18,20)/b10-6+. The largest absolute Gasteiger partial charge is 0.497 e. The monoisotopic (exact) mass is 380 g/mol. The van der Waals surface area contributed by atoms with Crippen molar-refractivity contribution < 1.29 is 17.9 Å². The summed E-state index contributed by atoms with van der Waals surface area (Å²) < 4.78 is 30.5. The minimum absolute atomic E-state index is 0.249. The molecular weight excluding hydrogens is 360 g/mol. The molecule has 0 aliphatic carbocycles. The predicted octanol–water partition coefficient (Wildman–Crippen LogP) is 2.34. The first-order chi connectivity index (χ1) is 11.8. The Balaban J connectivity index is 1.91. The number of sulfonamides is 1. The topological polar surface area (TPSA) is 75.7 Å². The summed E-state index contributed by atoms with van der Waals surface area (Å²) in [5, 5.41) is 2.74. The van der Waals surface area contributed by atoms with Crippen LogP contribution in [0.2, 0.25) is 0 Å². The highest BCUT2D eigenvalue weighted by atomic mass is 32.2. The van der Waals surface area contributed by atoms with Crippen LogP contribution in [-0.2, 0) is 21.4 Å². The van der Waals surface area contributed by atoms with E-state index in [1.165, 1.54) is 24.5 Å². The molecule has 0 spiro atoms. The van der Waals surface area contributed by atoms with Gasteiger partial charge in [0.05, 0.1) is 13.7 Å². The number of benzene rings is 1. The molecule has 2 aromatic rings. The molecule has 0 atom stereocenters. The van der Waals surface area contributed by atoms with E-state index in [1.807, 2.05) is 24.3 Å². The molecule has 0 aliphatic heterocycles. The fourth-order valence-electron chi connectivity index (χ4n) is 1.89. The summed E-state index contributed by atoms with van der Waals surface area (Å²) in [5.74, 6) is 0.504. The maximum atomic E-state index is 12.0. The number of nitrogens with one attached hydrogen (secondary N) is 1. The van der Waals surface area contributed by atoms with Crippen molar-refractivity contribution in [3.05, 3.63) is 52.9 Å². The van der Waals surface area contributed by atoms with Crippen LogP contribution in [0.5, 0.6) is 5.75 Å². The third-order valence-electron chi connectivity index (χ3n) is 3.35. The van der Waals surface area contributed by atoms with Gasteiger partial charge in [0.2, 0.25) is 5.91 Å². The molecule has 1 N–H and O–H groups in total. The van der Waals surface area contributed by atoms with Gasteiger partial charge >= 0.3 is 0 Å². The number of ether oxygens (including phenoxy) is 1. The van der Waals surface area contributed by atoms with Crippen LogP contribution in [0.25, 0.3) is 6.08 Å². The summed E-state index contributed by atoms with van der Waals surface area (Å²) in [6, 6.07) is 10.6. The molecule has 2 rings (SSSR count). The van der Waals surface area contributed by atoms with Gasteiger partial charge in [0.1, 0.15) is 9.96 Å². The lowest BCUT2D eigenvalue weighted by atomic mass is 10.2. The van der Waals surface area contributed by atoms with Crippen molar-refractivity contribution in [2.45, 2.75) is 10.8 Å². The Morgan fingerprint density at radius 1 is 1.20 bits per heavy atom. The molecule has 0 fully saturated rings. The van der Waals surface area contributed by atoms with Crippen molar-refractivity contribution in [2.24, 2.45) is 0 Å². The first-order valence-corrected chi connectivity index (χ1v) is 9.70. The maximum absolute atomic E-state index is 12.0. The van der Waals surface area contributed by atoms with Gasteiger partial charge in [0, 0.05) is 25.0 Å². The molecule has 1 heterocycles. The van der Waals surface area contributed by atoms with Crippen LogP contribution in [0.3, 0.4) is 0 Å². The number of rotatable bonds is 7. The first kappa shape index (κ1) is 19.2. The molecule has 8 heteroatoms. The Labute approximate surface area is 151 Å². The van der Waals surface area contributed by atoms with Gasteiger partial charge in [-0.2, -0.15) is 0 Å². The molecule has 0 saturated heterocycles. The summed E-state index contributed by atoms with van der Waals surface area (Å²) in [7, 11) is 1.14. The lowest BCUT2D eigenvalue weighted by Gasteiger charge is -2.08. The van der Waals surface area contributed by atoms with Crippen LogP contribution >= 0.6 is 11.3 Å². The van der Waals surface area contributed by atoms with Gasteiger partial charge < -0.3 is 10.1 Å². The van der Waals surface area contributed by atoms with Gasteiger partial charge in [0.15, 0.2) is 0 Å². The number of amides is 1. The van der Waals surface area contributed by atoms with Crippen LogP contribution in [0.15, 0.2) is 46.7 Å². The van der Waals surface area contributed by atoms with Crippen LogP contribution in [0.1, 0.15) is 10.4 Å². The number of carbonyl (C=O) groups is 1. The minimum Gasteiger partial charge on any atom is -0.497 e. The first-order valence-electron chi connectivity index (χ1n) is 7.44. The van der Waals surface area contributed by atoms with Crippen molar-refractivity contribution >= 4 is 33.3 Å². The van der Waals surface area contributed by atoms with E-state index < -0.39 is 10.0 Å². The fourth-order valence-corrected chi connectivity index (χ4v) is 4.36. The van der Waals surface area contributed by atoms with Crippen LogP contribution in [-0.4, -0.2) is 39.8 Å². The molecule has 0 unspecified atom stereocenters. The summed E-state index contributed by atoms with van der Waals surface area (Å²) in [5.41, 5.74) is 0.881. The Hall–Kier alpha value is -2.16. The molecule has 1 aromatic heterocycles. The predicted molar refractivity (Wildman–Crippen MR) is 99.1 cm³/mol. The van der Waals surface area contributed by atoms with E-state index in [4.69, 9.17) is 4.74 Å². The summed E-state index contributed by atoms with van der Waals surface area (Å²) in [4.78, 5) is 12.7. The number of hydrogen-bond donors (Lipinski definition) is 1. The highest BCUT2D eigenvalue weighted by molar-refractivity contribution is 7.91. The van der Waals surface area contributed by atoms with Crippen LogP contribution < -0.4 is 10.1 Å². The zero-order valence-corrected chi connectivity index (χ0v) is 15.9. The second-order valence-corrected chi connectivity index (χ2v) is 8.88. The number of thiophene rings is 1. The molecule has 134 valence electrons. The molecule has 25 heavy (non-hydrogen) atoms. The van der Waals surface area contributed by atoms with Crippen LogP contribution in [0.4, 0.5) is 0 Å². The smallest absolute Gasteiger partial charge is 0.252 e. The summed E-state index contributed by atoms with van der Waals surface area (Å²) in [6.07, 6.45) is 3.14. The Bertz CT molecular complexity index is 853. The average Bonchev–Trinajstić information content (AvgIpc) is 3.08. The van der Waals surface area contributed by atoms with Gasteiger partial charge in [0.25, 0.3) is 10.0 Å². The van der Waals surface area contributed by atoms with E-state index in [9.17, 15) is 13.2 Å². The maximum Gasteiger partial charge on any atom is 0.252 e. The second-order valence-electron chi connectivity index (χ2n) is 5.33. The van der Waals surface area contributed by atoms with E-state index >= 15 is 0 Å². The zero-order chi connectivity index (χ0) is 18.4. The Morgan fingerprint density at radius 3 is 2.48 bits per heavy atom.